The maximum atomic E-state index is 13.5. The average molecular weight is 400 g/mol. The van der Waals surface area contributed by atoms with Crippen molar-refractivity contribution >= 4 is 0 Å². The molecule has 1 aromatic heterocycles. The highest BCUT2D eigenvalue weighted by atomic mass is 19.1. The molecule has 0 bridgehead atoms. The molecule has 8 heteroatoms. The smallest absolute Gasteiger partial charge is 0.332 e. The van der Waals surface area contributed by atoms with Crippen molar-refractivity contribution in [3.05, 3.63) is 62.2 Å². The number of halogens is 1. The summed E-state index contributed by atoms with van der Waals surface area (Å²) in [6, 6.07) is 6.64. The van der Waals surface area contributed by atoms with Crippen LogP contribution in [-0.2, 0) is 24.4 Å². The molecule has 3 aliphatic rings. The van der Waals surface area contributed by atoms with E-state index in [1.54, 1.807) is 12.1 Å². The first-order chi connectivity index (χ1) is 14.0. The molecule has 0 N–H and O–H groups in total. The second-order valence-electron chi connectivity index (χ2n) is 8.56. The van der Waals surface area contributed by atoms with Gasteiger partial charge in [0.15, 0.2) is 5.82 Å². The van der Waals surface area contributed by atoms with Crippen molar-refractivity contribution in [2.24, 2.45) is 0 Å². The van der Waals surface area contributed by atoms with Crippen LogP contribution in [-0.4, -0.2) is 37.9 Å². The van der Waals surface area contributed by atoms with Crippen LogP contribution in [0.1, 0.15) is 49.5 Å². The number of hydrogen-bond acceptors (Lipinski definition) is 5. The topological polar surface area (TPSA) is 69.4 Å². The Hall–Kier alpha value is -2.32. The second-order valence-corrected chi connectivity index (χ2v) is 8.56. The number of benzene rings is 1. The van der Waals surface area contributed by atoms with E-state index in [1.165, 1.54) is 15.3 Å². The molecule has 7 nitrogen and oxygen atoms in total. The molecule has 1 saturated carbocycles. The maximum Gasteiger partial charge on any atom is 0.332 e. The Labute approximate surface area is 167 Å². The molecule has 5 rings (SSSR count). The van der Waals surface area contributed by atoms with E-state index in [9.17, 15) is 14.0 Å². The van der Waals surface area contributed by atoms with Crippen LogP contribution in [0.2, 0.25) is 0 Å². The van der Waals surface area contributed by atoms with Crippen molar-refractivity contribution in [1.82, 2.24) is 19.2 Å². The Morgan fingerprint density at radius 2 is 2.00 bits per heavy atom. The summed E-state index contributed by atoms with van der Waals surface area (Å²) in [7, 11) is 0. The average Bonchev–Trinajstić information content (AvgIpc) is 3.36. The summed E-state index contributed by atoms with van der Waals surface area (Å²) in [5.74, 6) is 0.297. The van der Waals surface area contributed by atoms with Gasteiger partial charge in [0.2, 0.25) is 0 Å². The summed E-state index contributed by atoms with van der Waals surface area (Å²) >= 11 is 0. The monoisotopic (exact) mass is 400 g/mol. The minimum absolute atomic E-state index is 0.0326. The van der Waals surface area contributed by atoms with Crippen molar-refractivity contribution in [1.29, 1.82) is 0 Å². The quantitative estimate of drug-likeness (QED) is 0.736. The van der Waals surface area contributed by atoms with Gasteiger partial charge in [-0.3, -0.25) is 19.1 Å². The molecule has 1 atom stereocenters. The van der Waals surface area contributed by atoms with Gasteiger partial charge in [-0.1, -0.05) is 25.0 Å². The van der Waals surface area contributed by atoms with E-state index in [0.717, 1.165) is 44.2 Å². The molecule has 1 aromatic carbocycles. The number of aromatic nitrogens is 3. The van der Waals surface area contributed by atoms with E-state index in [2.05, 4.69) is 10.00 Å². The Morgan fingerprint density at radius 1 is 1.17 bits per heavy atom. The van der Waals surface area contributed by atoms with E-state index in [1.807, 2.05) is 6.07 Å². The molecular formula is C21H25FN4O3. The highest BCUT2D eigenvalue weighted by Crippen LogP contribution is 2.32. The summed E-state index contributed by atoms with van der Waals surface area (Å²) in [6.07, 6.45) is 4.70. The molecule has 0 radical (unpaired) electrons. The van der Waals surface area contributed by atoms with Crippen LogP contribution in [0.5, 0.6) is 0 Å². The third kappa shape index (κ3) is 3.44. The minimum atomic E-state index is -0.521. The van der Waals surface area contributed by atoms with Gasteiger partial charge in [-0.2, -0.15) is 5.10 Å². The first-order valence-corrected chi connectivity index (χ1v) is 10.4. The summed E-state index contributed by atoms with van der Waals surface area (Å²) in [5.41, 5.74) is -0.602. The van der Waals surface area contributed by atoms with Crippen LogP contribution in [0, 0.1) is 5.82 Å². The van der Waals surface area contributed by atoms with Gasteiger partial charge in [0, 0.05) is 19.6 Å². The fourth-order valence-corrected chi connectivity index (χ4v) is 4.97. The number of ether oxygens (including phenoxy) is 1. The second kappa shape index (κ2) is 7.18. The van der Waals surface area contributed by atoms with E-state index in [-0.39, 0.29) is 18.5 Å². The van der Waals surface area contributed by atoms with E-state index in [0.29, 0.717) is 25.5 Å². The predicted molar refractivity (Wildman–Crippen MR) is 104 cm³/mol. The molecule has 2 aliphatic heterocycles. The molecule has 2 aromatic rings. The highest BCUT2D eigenvalue weighted by molar-refractivity contribution is 5.16. The minimum Gasteiger partial charge on any atom is -0.364 e. The number of likely N-dealkylation sites (tertiary alicyclic amines) is 1. The van der Waals surface area contributed by atoms with Gasteiger partial charge >= 0.3 is 11.1 Å². The van der Waals surface area contributed by atoms with Gasteiger partial charge in [-0.15, -0.1) is 0 Å². The number of nitrogens with zero attached hydrogens (tertiary/aromatic N) is 4. The van der Waals surface area contributed by atoms with Crippen LogP contribution >= 0.6 is 0 Å². The molecule has 1 spiro atoms. The molecule has 0 unspecified atom stereocenters. The van der Waals surface area contributed by atoms with Gasteiger partial charge in [-0.25, -0.2) is 9.07 Å². The molecule has 3 heterocycles. The fourth-order valence-electron chi connectivity index (χ4n) is 4.97. The molecule has 1 saturated heterocycles. The zero-order valence-electron chi connectivity index (χ0n) is 16.3. The largest absolute Gasteiger partial charge is 0.364 e. The third-order valence-corrected chi connectivity index (χ3v) is 6.49. The summed E-state index contributed by atoms with van der Waals surface area (Å²) in [4.78, 5) is 27.7. The van der Waals surface area contributed by atoms with Gasteiger partial charge in [0.1, 0.15) is 18.0 Å². The van der Waals surface area contributed by atoms with Crippen LogP contribution in [0.4, 0.5) is 4.39 Å². The summed E-state index contributed by atoms with van der Waals surface area (Å²) < 4.78 is 22.6. The molecule has 1 aliphatic carbocycles. The van der Waals surface area contributed by atoms with Gasteiger partial charge < -0.3 is 4.74 Å². The number of fused-ring (bicyclic) bond motifs is 1. The molecule has 154 valence electrons. The lowest BCUT2D eigenvalue weighted by atomic mass is 10.0. The first kappa shape index (κ1) is 18.7. The normalized spacial score (nSPS) is 25.0. The molecule has 2 fully saturated rings. The van der Waals surface area contributed by atoms with E-state index < -0.39 is 16.7 Å². The van der Waals surface area contributed by atoms with Crippen molar-refractivity contribution in [3.63, 3.8) is 0 Å². The predicted octanol–water partition coefficient (Wildman–Crippen LogP) is 1.83. The first-order valence-electron chi connectivity index (χ1n) is 10.4. The van der Waals surface area contributed by atoms with Crippen molar-refractivity contribution in [2.75, 3.05) is 13.1 Å². The van der Waals surface area contributed by atoms with Gasteiger partial charge in [-0.05, 0) is 37.0 Å². The highest BCUT2D eigenvalue weighted by Gasteiger charge is 2.43. The lowest BCUT2D eigenvalue weighted by Crippen LogP contribution is -2.53. The van der Waals surface area contributed by atoms with Crippen LogP contribution in [0.3, 0.4) is 0 Å². The van der Waals surface area contributed by atoms with Gasteiger partial charge in [0.05, 0.1) is 12.6 Å². The Bertz CT molecular complexity index is 1040. The summed E-state index contributed by atoms with van der Waals surface area (Å²) in [5, 5.41) is 4.49. The third-order valence-electron chi connectivity index (χ3n) is 6.49. The number of hydrogen-bond donors (Lipinski definition) is 0. The van der Waals surface area contributed by atoms with Crippen molar-refractivity contribution in [3.8, 4) is 0 Å². The SMILES string of the molecule is O=c1c(=O)n2c(nn1C1CCCC1)CO[C@@]1(CCN(Cc3cccc(F)c3)C1)C2. The summed E-state index contributed by atoms with van der Waals surface area (Å²) in [6.45, 7) is 2.64. The molecular weight excluding hydrogens is 375 g/mol. The Morgan fingerprint density at radius 3 is 2.79 bits per heavy atom. The number of rotatable bonds is 3. The Balaban J connectivity index is 1.36. The van der Waals surface area contributed by atoms with Crippen LogP contribution in [0.25, 0.3) is 0 Å². The van der Waals surface area contributed by atoms with Crippen molar-refractivity contribution in [2.45, 2.75) is 63.4 Å². The lowest BCUT2D eigenvalue weighted by molar-refractivity contribution is -0.0860. The Kier molecular flexibility index (Phi) is 4.63. The van der Waals surface area contributed by atoms with Crippen LogP contribution < -0.4 is 11.1 Å². The lowest BCUT2D eigenvalue weighted by Gasteiger charge is -2.35. The zero-order chi connectivity index (χ0) is 20.0. The van der Waals surface area contributed by atoms with Crippen molar-refractivity contribution < 1.29 is 9.13 Å². The maximum absolute atomic E-state index is 13.5. The van der Waals surface area contributed by atoms with Crippen LogP contribution in [0.15, 0.2) is 33.9 Å². The molecule has 29 heavy (non-hydrogen) atoms. The van der Waals surface area contributed by atoms with E-state index in [4.69, 9.17) is 4.74 Å². The zero-order valence-corrected chi connectivity index (χ0v) is 16.3. The molecule has 0 amide bonds. The fraction of sp³-hybridized carbons (Fsp3) is 0.571. The van der Waals surface area contributed by atoms with E-state index >= 15 is 0 Å². The standard InChI is InChI=1S/C21H25FN4O3/c22-16-5-3-4-15(10-16)11-24-9-8-21(13-24)14-25-18(12-29-21)23-26(20(28)19(25)27)17-6-1-2-7-17/h3-5,10,17H,1-2,6-9,11-14H2/t21-/m1/s1. The van der Waals surface area contributed by atoms with Gasteiger partial charge in [0.25, 0.3) is 0 Å².